The molecule has 0 bridgehead atoms. The molecule has 4 aromatic carbocycles. The second-order valence-corrected chi connectivity index (χ2v) is 14.9. The molecule has 224 valence electrons. The van der Waals surface area contributed by atoms with Gasteiger partial charge in [-0.1, -0.05) is 123 Å². The van der Waals surface area contributed by atoms with E-state index >= 15 is 0 Å². The fourth-order valence-electron chi connectivity index (χ4n) is 5.13. The minimum absolute atomic E-state index is 0. The van der Waals surface area contributed by atoms with Gasteiger partial charge in [-0.05, 0) is 10.8 Å². The molecular formula is C39H48Cl2Zr-2. The van der Waals surface area contributed by atoms with Crippen molar-refractivity contribution < 1.29 is 49.0 Å². The zero-order valence-electron chi connectivity index (χ0n) is 27.4. The van der Waals surface area contributed by atoms with Gasteiger partial charge in [-0.15, -0.1) is 39.7 Å². The number of hydrogen-bond acceptors (Lipinski definition) is 0. The van der Waals surface area contributed by atoms with Crippen LogP contribution in [0.3, 0.4) is 0 Å². The van der Waals surface area contributed by atoms with Gasteiger partial charge in [0.2, 0.25) is 0 Å². The van der Waals surface area contributed by atoms with Crippen LogP contribution in [0.25, 0.3) is 21.5 Å². The third-order valence-electron chi connectivity index (χ3n) is 7.48. The summed E-state index contributed by atoms with van der Waals surface area (Å²) >= 11 is 1.46. The summed E-state index contributed by atoms with van der Waals surface area (Å²) in [6.45, 7) is 24.8. The molecule has 0 nitrogen and oxygen atoms in total. The van der Waals surface area contributed by atoms with E-state index in [2.05, 4.69) is 159 Å². The van der Waals surface area contributed by atoms with Crippen molar-refractivity contribution in [3.63, 3.8) is 0 Å². The van der Waals surface area contributed by atoms with Gasteiger partial charge in [0.15, 0.2) is 0 Å². The molecule has 5 rings (SSSR count). The van der Waals surface area contributed by atoms with Gasteiger partial charge in [0.05, 0.1) is 0 Å². The minimum atomic E-state index is 0. The Bertz CT molecular complexity index is 1450. The molecule has 3 heteroatoms. The van der Waals surface area contributed by atoms with Crippen LogP contribution in [-0.2, 0) is 35.1 Å². The normalized spacial score (nSPS) is 14.8. The first-order chi connectivity index (χ1) is 18.5. The molecule has 0 N–H and O–H groups in total. The van der Waals surface area contributed by atoms with E-state index in [1.165, 1.54) is 73.6 Å². The van der Waals surface area contributed by atoms with Gasteiger partial charge in [-0.3, -0.25) is 6.08 Å². The van der Waals surface area contributed by atoms with Crippen molar-refractivity contribution in [1.82, 2.24) is 0 Å². The average molecular weight is 679 g/mol. The topological polar surface area (TPSA) is 0 Å². The summed E-state index contributed by atoms with van der Waals surface area (Å²) in [4.78, 5) is 0. The van der Waals surface area contributed by atoms with Gasteiger partial charge in [-0.25, -0.2) is 5.57 Å². The molecule has 0 fully saturated rings. The molecule has 0 saturated heterocycles. The van der Waals surface area contributed by atoms with E-state index < -0.39 is 0 Å². The number of halogens is 2. The van der Waals surface area contributed by atoms with Crippen LogP contribution in [0.15, 0.2) is 90.0 Å². The van der Waals surface area contributed by atoms with Crippen molar-refractivity contribution in [3.05, 3.63) is 113 Å². The van der Waals surface area contributed by atoms with E-state index in [-0.39, 0.29) is 35.6 Å². The van der Waals surface area contributed by atoms with Crippen molar-refractivity contribution in [2.45, 2.75) is 87.0 Å². The Labute approximate surface area is 283 Å². The zero-order chi connectivity index (χ0) is 29.9. The first-order valence-electron chi connectivity index (χ1n) is 14.5. The summed E-state index contributed by atoms with van der Waals surface area (Å²) in [5, 5.41) is 5.49. The van der Waals surface area contributed by atoms with Crippen LogP contribution in [0.1, 0.15) is 92.9 Å². The maximum absolute atomic E-state index is 3.40. The molecule has 0 heterocycles. The average Bonchev–Trinajstić information content (AvgIpc) is 3.42. The maximum atomic E-state index is 3.40. The van der Waals surface area contributed by atoms with E-state index in [1.54, 1.807) is 0 Å². The number of rotatable bonds is 1. The predicted molar refractivity (Wildman–Crippen MR) is 175 cm³/mol. The van der Waals surface area contributed by atoms with Gasteiger partial charge in [0, 0.05) is 0 Å². The van der Waals surface area contributed by atoms with Gasteiger partial charge in [-0.2, -0.15) is 11.6 Å². The van der Waals surface area contributed by atoms with Crippen LogP contribution in [-0.4, -0.2) is 3.71 Å². The van der Waals surface area contributed by atoms with E-state index in [1.807, 2.05) is 6.07 Å². The summed E-state index contributed by atoms with van der Waals surface area (Å²) in [6, 6.07) is 26.5. The first kappa shape index (κ1) is 38.4. The van der Waals surface area contributed by atoms with Crippen molar-refractivity contribution >= 4 is 25.3 Å². The van der Waals surface area contributed by atoms with Crippen LogP contribution < -0.4 is 24.8 Å². The molecule has 1 atom stereocenters. The summed E-state index contributed by atoms with van der Waals surface area (Å²) in [7, 11) is 0. The molecule has 4 aromatic rings. The summed E-state index contributed by atoms with van der Waals surface area (Å²) in [5.41, 5.74) is 7.62. The van der Waals surface area contributed by atoms with Gasteiger partial charge in [0.1, 0.15) is 0 Å². The van der Waals surface area contributed by atoms with E-state index in [0.29, 0.717) is 11.3 Å². The molecule has 42 heavy (non-hydrogen) atoms. The Kier molecular flexibility index (Phi) is 14.0. The van der Waals surface area contributed by atoms with Crippen LogP contribution in [0.5, 0.6) is 0 Å². The molecule has 0 spiro atoms. The predicted octanol–water partition coefficient (Wildman–Crippen LogP) is 5.06. The number of fused-ring (bicyclic) bond motifs is 3. The van der Waals surface area contributed by atoms with Crippen molar-refractivity contribution in [2.24, 2.45) is 11.3 Å². The monoisotopic (exact) mass is 676 g/mol. The Balaban J connectivity index is 0.000000354. The molecule has 0 radical (unpaired) electrons. The number of hydrogen-bond donors (Lipinski definition) is 0. The molecule has 1 aliphatic rings. The summed E-state index contributed by atoms with van der Waals surface area (Å²) in [6.07, 6.45) is 5.71. The Hall–Kier alpha value is -1.66. The van der Waals surface area contributed by atoms with Crippen LogP contribution in [0.4, 0.5) is 0 Å². The summed E-state index contributed by atoms with van der Waals surface area (Å²) in [5.74, 6) is 0.518. The Morgan fingerprint density at radius 3 is 1.43 bits per heavy atom. The van der Waals surface area contributed by atoms with E-state index in [4.69, 9.17) is 0 Å². The summed E-state index contributed by atoms with van der Waals surface area (Å²) < 4.78 is 2.17. The quantitative estimate of drug-likeness (QED) is 0.247. The van der Waals surface area contributed by atoms with Crippen molar-refractivity contribution in [2.75, 3.05) is 0 Å². The standard InChI is InChI=1S/C21H25.C11H17.C7H6.2ClH.Zr/c1-20(2,3)16-9-7-14-11-15-8-10-17(21(4,5)6)13-19(15)18(14)12-16;1-8-6-9(2)10(7-8)11(3,4)5;1-7-5-3-2-4-6-7;;;/h7-13H,1-6H3;7-8H,1-5H3;1-6H;2*1H;/q2*-1;;;;+2/p-2. The molecule has 0 saturated carbocycles. The van der Waals surface area contributed by atoms with Crippen LogP contribution in [0, 0.1) is 17.4 Å². The second kappa shape index (κ2) is 15.4. The van der Waals surface area contributed by atoms with Crippen LogP contribution in [0.2, 0.25) is 0 Å². The molecule has 1 unspecified atom stereocenters. The fraction of sp³-hybridized carbons (Fsp3) is 0.385. The van der Waals surface area contributed by atoms with Gasteiger partial charge in [0.25, 0.3) is 0 Å². The Morgan fingerprint density at radius 2 is 1.14 bits per heavy atom. The van der Waals surface area contributed by atoms with Gasteiger partial charge >= 0.3 is 63.8 Å². The van der Waals surface area contributed by atoms with Crippen molar-refractivity contribution in [3.8, 4) is 0 Å². The van der Waals surface area contributed by atoms with Crippen molar-refractivity contribution in [1.29, 1.82) is 0 Å². The van der Waals surface area contributed by atoms with E-state index in [0.717, 1.165) is 0 Å². The SMILES string of the molecule is CC(C)(C)c1ccc2[cH-]c3ccc(C(C)(C)C)cc3c2c1.CC1=[C-]C(C)C=C1C(C)(C)C.[Cl-].[Cl-].[Zr+2]=[CH]c1ccccc1. The first-order valence-corrected chi connectivity index (χ1v) is 15.9. The molecular weight excluding hydrogens is 631 g/mol. The Morgan fingerprint density at radius 1 is 0.690 bits per heavy atom. The molecule has 1 aliphatic carbocycles. The number of allylic oxidation sites excluding steroid dienone is 4. The third kappa shape index (κ3) is 10.2. The van der Waals surface area contributed by atoms with E-state index in [9.17, 15) is 0 Å². The number of benzene rings is 3. The third-order valence-corrected chi connectivity index (χ3v) is 8.30. The molecule has 0 aromatic heterocycles. The molecule has 0 amide bonds. The zero-order valence-corrected chi connectivity index (χ0v) is 31.4. The second-order valence-electron chi connectivity index (χ2n) is 14.2. The van der Waals surface area contributed by atoms with Gasteiger partial charge < -0.3 is 24.8 Å². The molecule has 0 aliphatic heterocycles. The van der Waals surface area contributed by atoms with Crippen LogP contribution >= 0.6 is 0 Å². The fourth-order valence-corrected chi connectivity index (χ4v) is 5.60.